The Bertz CT molecular complexity index is 291. The zero-order valence-electron chi connectivity index (χ0n) is 13.5. The molecule has 5 heteroatoms. The fraction of sp³-hybridized carbons (Fsp3) is 0.812. The summed E-state index contributed by atoms with van der Waals surface area (Å²) in [6, 6.07) is 0. The molecule has 0 bridgehead atoms. The first-order valence-corrected chi connectivity index (χ1v) is 8.72. The van der Waals surface area contributed by atoms with Crippen LogP contribution in [0.25, 0.3) is 0 Å². The van der Waals surface area contributed by atoms with Crippen molar-refractivity contribution >= 4 is 18.6 Å². The second kappa shape index (κ2) is 14.1. The summed E-state index contributed by atoms with van der Waals surface area (Å²) < 4.78 is 5.47. The highest BCUT2D eigenvalue weighted by atomic mass is 32.1. The second-order valence-electron chi connectivity index (χ2n) is 5.35. The molecule has 4 nitrogen and oxygen atoms in total. The summed E-state index contributed by atoms with van der Waals surface area (Å²) in [6.45, 7) is 7.43. The highest BCUT2D eigenvalue weighted by molar-refractivity contribution is 7.80. The van der Waals surface area contributed by atoms with Gasteiger partial charge >= 0.3 is 0 Å². The van der Waals surface area contributed by atoms with Crippen LogP contribution < -0.4 is 11.5 Å². The first-order valence-electron chi connectivity index (χ1n) is 8.09. The number of aliphatic imine (C=N–C) groups is 1. The van der Waals surface area contributed by atoms with Crippen molar-refractivity contribution in [3.05, 3.63) is 12.3 Å². The molecule has 0 radical (unpaired) electrons. The van der Waals surface area contributed by atoms with Crippen molar-refractivity contribution in [3.63, 3.8) is 0 Å². The lowest BCUT2D eigenvalue weighted by molar-refractivity contribution is 0.194. The molecule has 0 spiro atoms. The van der Waals surface area contributed by atoms with Gasteiger partial charge in [-0.15, -0.1) is 0 Å². The number of ether oxygens (including phenoxy) is 1. The van der Waals surface area contributed by atoms with Crippen LogP contribution in [-0.2, 0) is 4.74 Å². The van der Waals surface area contributed by atoms with E-state index in [1.807, 2.05) is 6.92 Å². The van der Waals surface area contributed by atoms with Gasteiger partial charge in [0.05, 0.1) is 12.4 Å². The highest BCUT2D eigenvalue weighted by Gasteiger charge is 2.11. The monoisotopic (exact) mass is 315 g/mol. The molecular weight excluding hydrogens is 282 g/mol. The van der Waals surface area contributed by atoms with Gasteiger partial charge in [0, 0.05) is 18.2 Å². The van der Waals surface area contributed by atoms with E-state index in [1.54, 1.807) is 0 Å². The normalized spacial score (nSPS) is 11.9. The average molecular weight is 316 g/mol. The van der Waals surface area contributed by atoms with E-state index in [1.165, 1.54) is 38.5 Å². The van der Waals surface area contributed by atoms with Gasteiger partial charge in [-0.1, -0.05) is 45.1 Å². The van der Waals surface area contributed by atoms with E-state index < -0.39 is 0 Å². The number of unbranched alkanes of at least 4 members (excludes halogenated alkanes) is 6. The minimum Gasteiger partial charge on any atom is -0.499 e. The fourth-order valence-electron chi connectivity index (χ4n) is 2.25. The van der Waals surface area contributed by atoms with Crippen molar-refractivity contribution < 1.29 is 4.74 Å². The average Bonchev–Trinajstić information content (AvgIpc) is 2.44. The Morgan fingerprint density at radius 1 is 1.10 bits per heavy atom. The maximum atomic E-state index is 5.47. The summed E-state index contributed by atoms with van der Waals surface area (Å²) in [7, 11) is 0. The Labute approximate surface area is 135 Å². The van der Waals surface area contributed by atoms with Gasteiger partial charge < -0.3 is 16.2 Å². The van der Waals surface area contributed by atoms with Gasteiger partial charge in [-0.25, -0.2) is 0 Å². The van der Waals surface area contributed by atoms with Crippen LogP contribution in [0.2, 0.25) is 0 Å². The lowest BCUT2D eigenvalue weighted by Crippen LogP contribution is -2.22. The van der Waals surface area contributed by atoms with Crippen molar-refractivity contribution in [1.29, 1.82) is 0 Å². The minimum atomic E-state index is 0.197. The van der Waals surface area contributed by atoms with Crippen LogP contribution in [0.1, 0.15) is 58.3 Å². The predicted molar refractivity (Wildman–Crippen MR) is 95.7 cm³/mol. The first-order chi connectivity index (χ1) is 10.1. The Hall–Kier alpha value is -0.840. The van der Waals surface area contributed by atoms with Crippen molar-refractivity contribution in [1.82, 2.24) is 0 Å². The molecule has 0 rings (SSSR count). The summed E-state index contributed by atoms with van der Waals surface area (Å²) >= 11 is 4.38. The van der Waals surface area contributed by atoms with E-state index >= 15 is 0 Å². The van der Waals surface area contributed by atoms with Crippen LogP contribution in [0.4, 0.5) is 0 Å². The largest absolute Gasteiger partial charge is 0.499 e. The molecule has 0 saturated heterocycles. The summed E-state index contributed by atoms with van der Waals surface area (Å²) in [5, 5.41) is 0. The Morgan fingerprint density at radius 3 is 2.19 bits per heavy atom. The van der Waals surface area contributed by atoms with Crippen LogP contribution in [0, 0.1) is 5.92 Å². The number of guanidine groups is 1. The molecular formula is C16H33N3OS. The molecule has 0 fully saturated rings. The molecule has 1 atom stereocenters. The lowest BCUT2D eigenvalue weighted by atomic mass is 10.00. The molecule has 0 aromatic rings. The highest BCUT2D eigenvalue weighted by Crippen LogP contribution is 2.20. The van der Waals surface area contributed by atoms with Gasteiger partial charge in [0.15, 0.2) is 5.96 Å². The van der Waals surface area contributed by atoms with Gasteiger partial charge in [0.1, 0.15) is 0 Å². The second-order valence-corrected chi connectivity index (χ2v) is 5.71. The van der Waals surface area contributed by atoms with E-state index in [0.29, 0.717) is 12.5 Å². The third kappa shape index (κ3) is 12.6. The van der Waals surface area contributed by atoms with E-state index in [-0.39, 0.29) is 5.96 Å². The smallest absolute Gasteiger partial charge is 0.185 e. The van der Waals surface area contributed by atoms with Crippen LogP contribution in [0.3, 0.4) is 0 Å². The third-order valence-electron chi connectivity index (χ3n) is 3.51. The van der Waals surface area contributed by atoms with E-state index in [0.717, 1.165) is 30.9 Å². The zero-order chi connectivity index (χ0) is 15.9. The summed E-state index contributed by atoms with van der Waals surface area (Å²) in [4.78, 5) is 3.98. The number of rotatable bonds is 14. The number of allylic oxidation sites excluding steroid dienone is 1. The molecule has 0 saturated carbocycles. The van der Waals surface area contributed by atoms with Crippen molar-refractivity contribution in [2.24, 2.45) is 22.4 Å². The summed E-state index contributed by atoms with van der Waals surface area (Å²) in [5.74, 6) is 2.31. The molecule has 4 N–H and O–H groups in total. The van der Waals surface area contributed by atoms with Crippen molar-refractivity contribution in [2.75, 3.05) is 18.9 Å². The van der Waals surface area contributed by atoms with Gasteiger partial charge in [0.25, 0.3) is 0 Å². The summed E-state index contributed by atoms with van der Waals surface area (Å²) in [5.41, 5.74) is 10.5. The quantitative estimate of drug-likeness (QED) is 0.151. The van der Waals surface area contributed by atoms with Gasteiger partial charge in [-0.05, 0) is 19.8 Å². The van der Waals surface area contributed by atoms with Gasteiger partial charge in [-0.3, -0.25) is 4.99 Å². The van der Waals surface area contributed by atoms with Crippen LogP contribution in [-0.4, -0.2) is 24.9 Å². The minimum absolute atomic E-state index is 0.197. The van der Waals surface area contributed by atoms with Crippen LogP contribution >= 0.6 is 12.6 Å². The number of nitrogens with two attached hydrogens (primary N) is 2. The molecule has 0 heterocycles. The Balaban J connectivity index is 3.42. The van der Waals surface area contributed by atoms with Crippen molar-refractivity contribution in [2.45, 2.75) is 58.3 Å². The third-order valence-corrected chi connectivity index (χ3v) is 3.95. The summed E-state index contributed by atoms with van der Waals surface area (Å²) in [6.07, 6.45) is 9.77. The maximum absolute atomic E-state index is 5.47. The molecule has 0 aliphatic rings. The Morgan fingerprint density at radius 2 is 1.67 bits per heavy atom. The molecule has 0 amide bonds. The molecule has 21 heavy (non-hydrogen) atoms. The molecule has 1 unspecified atom stereocenters. The molecule has 0 aliphatic carbocycles. The van der Waals surface area contributed by atoms with Crippen LogP contribution in [0.15, 0.2) is 17.3 Å². The topological polar surface area (TPSA) is 73.6 Å². The number of hydrogen-bond donors (Lipinski definition) is 3. The molecule has 0 aromatic heterocycles. The number of hydrogen-bond acceptors (Lipinski definition) is 3. The van der Waals surface area contributed by atoms with Gasteiger partial charge in [0.2, 0.25) is 0 Å². The molecule has 0 aromatic carbocycles. The standard InChI is InChI=1S/C16H33N3OS/c1-3-20-14(2)15(13-21)11-9-7-5-4-6-8-10-12-19-16(17)18/h15,21H,2-13H2,1H3,(H4,17,18,19). The van der Waals surface area contributed by atoms with Crippen molar-refractivity contribution in [3.8, 4) is 0 Å². The zero-order valence-corrected chi connectivity index (χ0v) is 14.4. The lowest BCUT2D eigenvalue weighted by Gasteiger charge is -2.17. The van der Waals surface area contributed by atoms with E-state index in [9.17, 15) is 0 Å². The molecule has 0 aliphatic heterocycles. The maximum Gasteiger partial charge on any atom is 0.185 e. The SMILES string of the molecule is C=C(OCC)C(CS)CCCCCCCCCN=C(N)N. The Kier molecular flexibility index (Phi) is 13.5. The number of thiol groups is 1. The first kappa shape index (κ1) is 20.2. The van der Waals surface area contributed by atoms with Crippen LogP contribution in [0.5, 0.6) is 0 Å². The fourth-order valence-corrected chi connectivity index (χ4v) is 2.64. The van der Waals surface area contributed by atoms with E-state index in [2.05, 4.69) is 24.2 Å². The van der Waals surface area contributed by atoms with E-state index in [4.69, 9.17) is 16.2 Å². The van der Waals surface area contributed by atoms with Gasteiger partial charge in [-0.2, -0.15) is 12.6 Å². The number of nitrogens with zero attached hydrogens (tertiary/aromatic N) is 1. The molecule has 124 valence electrons. The predicted octanol–water partition coefficient (Wildman–Crippen LogP) is 3.48.